The van der Waals surface area contributed by atoms with E-state index < -0.39 is 0 Å². The molecule has 0 saturated heterocycles. The van der Waals surface area contributed by atoms with E-state index in [1.807, 2.05) is 18.5 Å². The molecule has 0 bridgehead atoms. The van der Waals surface area contributed by atoms with Crippen molar-refractivity contribution >= 4 is 71.3 Å². The summed E-state index contributed by atoms with van der Waals surface area (Å²) in [6.45, 7) is 0. The minimum Gasteiger partial charge on any atom is -0.454 e. The Hall–Kier alpha value is -7.49. The topological polar surface area (TPSA) is 29.3 Å². The Morgan fingerprint density at radius 1 is 0.375 bits per heavy atom. The van der Waals surface area contributed by atoms with E-state index >= 15 is 0 Å². The second-order valence-electron chi connectivity index (χ2n) is 14.4. The van der Waals surface area contributed by atoms with Gasteiger partial charge in [-0.05, 0) is 103 Å². The predicted octanol–water partition coefficient (Wildman–Crippen LogP) is 14.9. The van der Waals surface area contributed by atoms with E-state index in [1.54, 1.807) is 0 Å². The Labute approximate surface area is 324 Å². The van der Waals surface area contributed by atoms with Crippen molar-refractivity contribution in [2.45, 2.75) is 0 Å². The van der Waals surface area contributed by atoms with Crippen LogP contribution in [0.2, 0.25) is 0 Å². The molecular formula is C53H34N2O. The molecular weight excluding hydrogens is 681 g/mol. The molecule has 9 aromatic carbocycles. The SMILES string of the molecule is c1ccc(-c2cc(-c3ccc(N(c4ccc(-c5cccc6ccccc56)cc4)c4cc5c6ccncc6oc5c5ccccc45)cc3)c3ccccc3c2)cc1. The van der Waals surface area contributed by atoms with Crippen LogP contribution in [0.1, 0.15) is 0 Å². The first kappa shape index (κ1) is 32.0. The summed E-state index contributed by atoms with van der Waals surface area (Å²) < 4.78 is 6.47. The van der Waals surface area contributed by atoms with Crippen LogP contribution < -0.4 is 4.90 Å². The van der Waals surface area contributed by atoms with Crippen molar-refractivity contribution in [1.82, 2.24) is 4.98 Å². The molecule has 0 aliphatic rings. The van der Waals surface area contributed by atoms with Crippen molar-refractivity contribution < 1.29 is 4.42 Å². The normalized spacial score (nSPS) is 11.6. The predicted molar refractivity (Wildman–Crippen MR) is 235 cm³/mol. The lowest BCUT2D eigenvalue weighted by atomic mass is 9.93. The average Bonchev–Trinajstić information content (AvgIpc) is 3.66. The van der Waals surface area contributed by atoms with Crippen LogP contribution in [0.25, 0.3) is 87.6 Å². The first-order valence-corrected chi connectivity index (χ1v) is 19.0. The largest absolute Gasteiger partial charge is 0.454 e. The van der Waals surface area contributed by atoms with Gasteiger partial charge in [-0.25, -0.2) is 0 Å². The zero-order chi connectivity index (χ0) is 37.0. The van der Waals surface area contributed by atoms with Crippen LogP contribution in [-0.4, -0.2) is 4.98 Å². The van der Waals surface area contributed by atoms with Crippen LogP contribution in [0.5, 0.6) is 0 Å². The first-order valence-electron chi connectivity index (χ1n) is 19.0. The number of benzene rings is 9. The Morgan fingerprint density at radius 2 is 0.982 bits per heavy atom. The van der Waals surface area contributed by atoms with Crippen molar-refractivity contribution in [3.05, 3.63) is 207 Å². The van der Waals surface area contributed by atoms with Crippen molar-refractivity contribution in [2.75, 3.05) is 4.90 Å². The maximum atomic E-state index is 6.47. The fourth-order valence-corrected chi connectivity index (χ4v) is 8.45. The lowest BCUT2D eigenvalue weighted by Crippen LogP contribution is -2.10. The Morgan fingerprint density at radius 3 is 1.73 bits per heavy atom. The molecule has 0 aliphatic carbocycles. The van der Waals surface area contributed by atoms with Gasteiger partial charge in [0, 0.05) is 39.1 Å². The molecule has 0 saturated carbocycles. The smallest absolute Gasteiger partial charge is 0.153 e. The van der Waals surface area contributed by atoms with Crippen molar-refractivity contribution in [3.8, 4) is 33.4 Å². The summed E-state index contributed by atoms with van der Waals surface area (Å²) in [7, 11) is 0. The lowest BCUT2D eigenvalue weighted by molar-refractivity contribution is 0.670. The van der Waals surface area contributed by atoms with Gasteiger partial charge < -0.3 is 9.32 Å². The van der Waals surface area contributed by atoms with Gasteiger partial charge in [-0.2, -0.15) is 0 Å². The molecule has 0 spiro atoms. The molecule has 0 aliphatic heterocycles. The molecule has 3 nitrogen and oxygen atoms in total. The van der Waals surface area contributed by atoms with Gasteiger partial charge in [0.25, 0.3) is 0 Å². The molecule has 56 heavy (non-hydrogen) atoms. The summed E-state index contributed by atoms with van der Waals surface area (Å²) in [6.07, 6.45) is 3.65. The minimum absolute atomic E-state index is 0.783. The number of rotatable bonds is 6. The zero-order valence-electron chi connectivity index (χ0n) is 30.4. The first-order chi connectivity index (χ1) is 27.8. The third kappa shape index (κ3) is 5.32. The number of furan rings is 1. The molecule has 0 N–H and O–H groups in total. The van der Waals surface area contributed by atoms with Gasteiger partial charge in [-0.15, -0.1) is 0 Å². The van der Waals surface area contributed by atoms with Crippen LogP contribution in [0.15, 0.2) is 211 Å². The maximum absolute atomic E-state index is 6.47. The molecule has 0 amide bonds. The molecule has 0 unspecified atom stereocenters. The zero-order valence-corrected chi connectivity index (χ0v) is 30.4. The molecule has 2 heterocycles. The second-order valence-corrected chi connectivity index (χ2v) is 14.4. The highest BCUT2D eigenvalue weighted by Gasteiger charge is 2.21. The maximum Gasteiger partial charge on any atom is 0.153 e. The summed E-state index contributed by atoms with van der Waals surface area (Å²) in [5.74, 6) is 0. The molecule has 0 atom stereocenters. The lowest BCUT2D eigenvalue weighted by Gasteiger charge is -2.27. The van der Waals surface area contributed by atoms with Gasteiger partial charge in [0.15, 0.2) is 5.58 Å². The Kier molecular flexibility index (Phi) is 7.49. The van der Waals surface area contributed by atoms with Crippen LogP contribution in [-0.2, 0) is 0 Å². The summed E-state index contributed by atoms with van der Waals surface area (Å²) in [5.41, 5.74) is 12.1. The Balaban J connectivity index is 1.10. The molecule has 3 heteroatoms. The number of pyridine rings is 1. The molecule has 11 rings (SSSR count). The second kappa shape index (κ2) is 13.1. The van der Waals surface area contributed by atoms with Crippen LogP contribution in [0, 0.1) is 0 Å². The van der Waals surface area contributed by atoms with Gasteiger partial charge in [0.05, 0.1) is 11.9 Å². The van der Waals surface area contributed by atoms with E-state index in [1.165, 1.54) is 54.9 Å². The van der Waals surface area contributed by atoms with E-state index in [-0.39, 0.29) is 0 Å². The minimum atomic E-state index is 0.783. The summed E-state index contributed by atoms with van der Waals surface area (Å²) >= 11 is 0. The fraction of sp³-hybridized carbons (Fsp3) is 0. The Bertz CT molecular complexity index is 3230. The standard InChI is InChI=1S/C53H34N2O/c1-2-11-35(12-3-1)40-31-39-14-5-7-17-45(39)49(32-40)38-23-27-42(28-24-38)55(41-25-21-37(22-26-41)44-20-10-15-36-13-4-6-16-43(36)44)51-33-50-47-29-30-54-34-52(47)56-53(50)48-19-9-8-18-46(48)51/h1-34H. The van der Waals surface area contributed by atoms with E-state index in [4.69, 9.17) is 4.42 Å². The van der Waals surface area contributed by atoms with Crippen molar-refractivity contribution in [3.63, 3.8) is 0 Å². The third-order valence-electron chi connectivity index (χ3n) is 11.1. The number of anilines is 3. The number of hydrogen-bond donors (Lipinski definition) is 0. The van der Waals surface area contributed by atoms with Gasteiger partial charge in [0.1, 0.15) is 5.58 Å². The highest BCUT2D eigenvalue weighted by molar-refractivity contribution is 6.19. The van der Waals surface area contributed by atoms with Gasteiger partial charge in [0.2, 0.25) is 0 Å². The van der Waals surface area contributed by atoms with Crippen LogP contribution in [0.4, 0.5) is 17.1 Å². The number of hydrogen-bond acceptors (Lipinski definition) is 3. The molecule has 11 aromatic rings. The monoisotopic (exact) mass is 714 g/mol. The van der Waals surface area contributed by atoms with Crippen molar-refractivity contribution in [2.24, 2.45) is 0 Å². The van der Waals surface area contributed by atoms with E-state index in [2.05, 4.69) is 198 Å². The molecule has 262 valence electrons. The highest BCUT2D eigenvalue weighted by atomic mass is 16.3. The van der Waals surface area contributed by atoms with Gasteiger partial charge >= 0.3 is 0 Å². The summed E-state index contributed by atoms with van der Waals surface area (Å²) in [4.78, 5) is 6.75. The van der Waals surface area contributed by atoms with Gasteiger partial charge in [-0.1, -0.05) is 146 Å². The summed E-state index contributed by atoms with van der Waals surface area (Å²) in [5, 5.41) is 9.23. The average molecular weight is 715 g/mol. The molecule has 0 fully saturated rings. The van der Waals surface area contributed by atoms with Gasteiger partial charge in [-0.3, -0.25) is 4.98 Å². The van der Waals surface area contributed by atoms with E-state index in [0.29, 0.717) is 0 Å². The van der Waals surface area contributed by atoms with E-state index in [9.17, 15) is 0 Å². The number of aromatic nitrogens is 1. The highest BCUT2D eigenvalue weighted by Crippen LogP contribution is 2.45. The van der Waals surface area contributed by atoms with Crippen LogP contribution in [0.3, 0.4) is 0 Å². The molecule has 0 radical (unpaired) electrons. The van der Waals surface area contributed by atoms with Crippen molar-refractivity contribution in [1.29, 1.82) is 0 Å². The third-order valence-corrected chi connectivity index (χ3v) is 11.1. The number of nitrogens with zero attached hydrogens (tertiary/aromatic N) is 2. The molecule has 2 aromatic heterocycles. The van der Waals surface area contributed by atoms with Crippen LogP contribution >= 0.6 is 0 Å². The number of fused-ring (bicyclic) bond motifs is 7. The summed E-state index contributed by atoms with van der Waals surface area (Å²) in [6, 6.07) is 70.0. The van der Waals surface area contributed by atoms with E-state index in [0.717, 1.165) is 49.8 Å². The fourth-order valence-electron chi connectivity index (χ4n) is 8.45. The quantitative estimate of drug-likeness (QED) is 0.172.